The lowest BCUT2D eigenvalue weighted by atomic mass is 10.1. The van der Waals surface area contributed by atoms with Gasteiger partial charge in [0, 0.05) is 50.2 Å². The third-order valence-corrected chi connectivity index (χ3v) is 7.11. The van der Waals surface area contributed by atoms with Gasteiger partial charge in [-0.2, -0.15) is 0 Å². The van der Waals surface area contributed by atoms with Crippen LogP contribution in [0, 0.1) is 6.92 Å². The van der Waals surface area contributed by atoms with Crippen molar-refractivity contribution in [1.82, 2.24) is 14.9 Å². The van der Waals surface area contributed by atoms with Crippen molar-refractivity contribution in [2.24, 2.45) is 0 Å². The molecule has 2 aromatic carbocycles. The van der Waals surface area contributed by atoms with E-state index >= 15 is 0 Å². The molecule has 2 heterocycles. The van der Waals surface area contributed by atoms with Gasteiger partial charge in [-0.25, -0.2) is 14.2 Å². The van der Waals surface area contributed by atoms with Crippen molar-refractivity contribution < 1.29 is 18.5 Å². The third kappa shape index (κ3) is 5.49. The second-order valence-corrected chi connectivity index (χ2v) is 9.48. The summed E-state index contributed by atoms with van der Waals surface area (Å²) < 4.78 is 26.6. The molecule has 9 nitrogen and oxygen atoms in total. The summed E-state index contributed by atoms with van der Waals surface area (Å²) in [5, 5.41) is 0.354. The van der Waals surface area contributed by atoms with E-state index in [9.17, 15) is 9.00 Å². The Morgan fingerprint density at radius 1 is 1.03 bits per heavy atom. The fourth-order valence-electron chi connectivity index (χ4n) is 3.78. The maximum Gasteiger partial charge on any atom is 0.254 e. The summed E-state index contributed by atoms with van der Waals surface area (Å²) in [5.74, 6) is 1.44. The third-order valence-electron chi connectivity index (χ3n) is 5.73. The number of methoxy groups -OCH3 is 2. The maximum atomic E-state index is 13.3. The first-order chi connectivity index (χ1) is 16.9. The smallest absolute Gasteiger partial charge is 0.254 e. The molecule has 0 spiro atoms. The molecule has 1 aromatic heterocycles. The first-order valence-electron chi connectivity index (χ1n) is 10.9. The zero-order chi connectivity index (χ0) is 24.9. The van der Waals surface area contributed by atoms with Crippen LogP contribution in [0.4, 0.5) is 11.6 Å². The summed E-state index contributed by atoms with van der Waals surface area (Å²) in [5.41, 5.74) is 1.78. The Labute approximate surface area is 211 Å². The van der Waals surface area contributed by atoms with Gasteiger partial charge in [-0.3, -0.25) is 9.52 Å². The van der Waals surface area contributed by atoms with Gasteiger partial charge in [0.2, 0.25) is 5.95 Å². The van der Waals surface area contributed by atoms with Gasteiger partial charge < -0.3 is 19.3 Å². The van der Waals surface area contributed by atoms with Crippen molar-refractivity contribution in [2.45, 2.75) is 11.8 Å². The van der Waals surface area contributed by atoms with Gasteiger partial charge in [-0.05, 0) is 36.8 Å². The van der Waals surface area contributed by atoms with Crippen LogP contribution in [0.5, 0.6) is 11.5 Å². The number of anilines is 2. The molecule has 3 aromatic rings. The van der Waals surface area contributed by atoms with Gasteiger partial charge in [-0.15, -0.1) is 0 Å². The fourth-order valence-corrected chi connectivity index (χ4v) is 4.91. The van der Waals surface area contributed by atoms with Crippen molar-refractivity contribution in [2.75, 3.05) is 50.0 Å². The number of ether oxygens (including phenoxy) is 2. The quantitative estimate of drug-likeness (QED) is 0.514. The number of carbonyl (C=O) groups excluding carboxylic acids is 1. The van der Waals surface area contributed by atoms with Crippen molar-refractivity contribution >= 4 is 40.1 Å². The van der Waals surface area contributed by atoms with Crippen LogP contribution in [0.3, 0.4) is 0 Å². The highest BCUT2D eigenvalue weighted by molar-refractivity contribution is 7.86. The fraction of sp³-hybridized carbons (Fsp3) is 0.292. The maximum absolute atomic E-state index is 13.3. The minimum Gasteiger partial charge on any atom is -0.495 e. The largest absolute Gasteiger partial charge is 0.495 e. The first-order valence-corrected chi connectivity index (χ1v) is 12.5. The van der Waals surface area contributed by atoms with E-state index < -0.39 is 11.0 Å². The summed E-state index contributed by atoms with van der Waals surface area (Å²) in [6.45, 7) is 4.24. The van der Waals surface area contributed by atoms with Crippen LogP contribution in [0.1, 0.15) is 15.9 Å². The Balaban J connectivity index is 1.48. The molecule has 0 bridgehead atoms. The molecular weight excluding hydrogens is 490 g/mol. The van der Waals surface area contributed by atoms with Gasteiger partial charge in [0.15, 0.2) is 0 Å². The van der Waals surface area contributed by atoms with Crippen LogP contribution in [0.2, 0.25) is 5.02 Å². The van der Waals surface area contributed by atoms with E-state index in [0.29, 0.717) is 64.8 Å². The lowest BCUT2D eigenvalue weighted by Gasteiger charge is -2.35. The minimum absolute atomic E-state index is 0.0972. The number of aromatic nitrogens is 2. The molecule has 11 heteroatoms. The van der Waals surface area contributed by atoms with Crippen molar-refractivity contribution in [3.8, 4) is 11.5 Å². The van der Waals surface area contributed by atoms with Gasteiger partial charge >= 0.3 is 0 Å². The zero-order valence-electron chi connectivity index (χ0n) is 19.7. The second kappa shape index (κ2) is 10.9. The lowest BCUT2D eigenvalue weighted by molar-refractivity contribution is 0.0745. The van der Waals surface area contributed by atoms with E-state index in [4.69, 9.17) is 21.1 Å². The highest BCUT2D eigenvalue weighted by Crippen LogP contribution is 2.36. The normalized spacial score (nSPS) is 14.4. The van der Waals surface area contributed by atoms with E-state index in [1.807, 2.05) is 6.92 Å². The van der Waals surface area contributed by atoms with E-state index in [1.54, 1.807) is 53.7 Å². The molecule has 184 valence electrons. The average Bonchev–Trinajstić information content (AvgIpc) is 2.89. The van der Waals surface area contributed by atoms with Crippen molar-refractivity contribution in [3.05, 3.63) is 64.9 Å². The SMILES string of the molecule is COc1cc(OC)c(NS(=O)c2ccc(C)c(C(=O)N3CCN(c4ncccn4)CC3)c2)cc1Cl. The van der Waals surface area contributed by atoms with E-state index in [0.717, 1.165) is 5.56 Å². The van der Waals surface area contributed by atoms with Crippen molar-refractivity contribution in [3.63, 3.8) is 0 Å². The molecule has 35 heavy (non-hydrogen) atoms. The number of nitrogens with zero attached hydrogens (tertiary/aromatic N) is 4. The molecule has 0 radical (unpaired) electrons. The standard InChI is InChI=1S/C24H26ClN5O4S/c1-16-5-6-17(35(32)28-20-14-19(25)21(33-2)15-22(20)34-3)13-18(16)23(31)29-9-11-30(12-10-29)24-26-7-4-8-27-24/h4-8,13-15,28H,9-12H2,1-3H3. The Morgan fingerprint density at radius 2 is 1.71 bits per heavy atom. The zero-order valence-corrected chi connectivity index (χ0v) is 21.2. The highest BCUT2D eigenvalue weighted by Gasteiger charge is 2.25. The predicted octanol–water partition coefficient (Wildman–Crippen LogP) is 3.55. The topological polar surface area (TPSA) is 96.9 Å². The number of aryl methyl sites for hydroxylation is 1. The number of piperazine rings is 1. The molecule has 1 N–H and O–H groups in total. The van der Waals surface area contributed by atoms with Gasteiger partial charge in [0.05, 0.1) is 29.8 Å². The second-order valence-electron chi connectivity index (χ2n) is 7.86. The number of nitrogens with one attached hydrogen (secondary N) is 1. The summed E-state index contributed by atoms with van der Waals surface area (Å²) >= 11 is 6.23. The molecule has 1 amide bonds. The van der Waals surface area contributed by atoms with Crippen LogP contribution in [0.25, 0.3) is 0 Å². The number of hydrogen-bond donors (Lipinski definition) is 1. The molecule has 0 saturated carbocycles. The molecule has 1 atom stereocenters. The van der Waals surface area contributed by atoms with Crippen molar-refractivity contribution in [1.29, 1.82) is 0 Å². The summed E-state index contributed by atoms with van der Waals surface area (Å²) in [7, 11) is 1.35. The average molecular weight is 516 g/mol. The Kier molecular flexibility index (Phi) is 7.72. The molecule has 1 aliphatic rings. The first kappa shape index (κ1) is 24.7. The molecule has 1 unspecified atom stereocenters. The van der Waals surface area contributed by atoms with Gasteiger partial charge in [0.1, 0.15) is 22.5 Å². The molecular formula is C24H26ClN5O4S. The lowest BCUT2D eigenvalue weighted by Crippen LogP contribution is -2.49. The molecule has 1 aliphatic heterocycles. The van der Waals surface area contributed by atoms with Crippen LogP contribution in [0.15, 0.2) is 53.7 Å². The molecule has 4 rings (SSSR count). The van der Waals surface area contributed by atoms with Crippen LogP contribution >= 0.6 is 11.6 Å². The monoisotopic (exact) mass is 515 g/mol. The number of amides is 1. The van der Waals surface area contributed by atoms with E-state index in [2.05, 4.69) is 19.6 Å². The highest BCUT2D eigenvalue weighted by atomic mass is 35.5. The minimum atomic E-state index is -1.66. The van der Waals surface area contributed by atoms with E-state index in [-0.39, 0.29) is 5.91 Å². The van der Waals surface area contributed by atoms with Gasteiger partial charge in [-0.1, -0.05) is 17.7 Å². The summed E-state index contributed by atoms with van der Waals surface area (Å²) in [4.78, 5) is 26.2. The summed E-state index contributed by atoms with van der Waals surface area (Å²) in [6, 6.07) is 10.2. The number of hydrogen-bond acceptors (Lipinski definition) is 7. The number of rotatable bonds is 7. The van der Waals surface area contributed by atoms with E-state index in [1.165, 1.54) is 14.2 Å². The number of benzene rings is 2. The molecule has 0 aliphatic carbocycles. The Bertz CT molecular complexity index is 1240. The van der Waals surface area contributed by atoms with Gasteiger partial charge in [0.25, 0.3) is 5.91 Å². The Hall–Kier alpha value is -3.37. The predicted molar refractivity (Wildman–Crippen MR) is 136 cm³/mol. The van der Waals surface area contributed by atoms with Crippen LogP contribution in [-0.2, 0) is 11.0 Å². The van der Waals surface area contributed by atoms with Crippen LogP contribution in [-0.4, -0.2) is 65.4 Å². The number of carbonyl (C=O) groups is 1. The molecule has 1 fully saturated rings. The Morgan fingerprint density at radius 3 is 2.37 bits per heavy atom. The molecule has 1 saturated heterocycles. The number of halogens is 1. The van der Waals surface area contributed by atoms with Crippen LogP contribution < -0.4 is 19.1 Å². The summed E-state index contributed by atoms with van der Waals surface area (Å²) in [6.07, 6.45) is 3.41.